The maximum atomic E-state index is 5.84. The van der Waals surface area contributed by atoms with E-state index in [0.717, 1.165) is 25.5 Å². The Kier molecular flexibility index (Phi) is 11.3. The van der Waals surface area contributed by atoms with Crippen molar-refractivity contribution in [1.29, 1.82) is 0 Å². The van der Waals surface area contributed by atoms with Crippen LogP contribution in [0.1, 0.15) is 52.2 Å². The van der Waals surface area contributed by atoms with E-state index in [9.17, 15) is 0 Å². The van der Waals surface area contributed by atoms with Gasteiger partial charge < -0.3 is 15.4 Å². The molecule has 0 aromatic heterocycles. The maximum Gasteiger partial charge on any atom is 0.191 e. The van der Waals surface area contributed by atoms with Gasteiger partial charge in [-0.25, -0.2) is 0 Å². The first-order chi connectivity index (χ1) is 10.8. The third kappa shape index (κ3) is 10.9. The van der Waals surface area contributed by atoms with Gasteiger partial charge in [0.15, 0.2) is 5.96 Å². The topological polar surface area (TPSA) is 45.7 Å². The number of nitrogens with zero attached hydrogens (tertiary/aromatic N) is 1. The van der Waals surface area contributed by atoms with Crippen molar-refractivity contribution in [1.82, 2.24) is 10.6 Å². The molecule has 0 fully saturated rings. The molecule has 5 heteroatoms. The molecular formula is C19H34IN3O. The number of rotatable bonds is 7. The Morgan fingerprint density at radius 1 is 1.17 bits per heavy atom. The van der Waals surface area contributed by atoms with E-state index in [2.05, 4.69) is 74.5 Å². The van der Waals surface area contributed by atoms with Crippen LogP contribution >= 0.6 is 24.0 Å². The highest BCUT2D eigenvalue weighted by atomic mass is 127. The molecule has 2 N–H and O–H groups in total. The third-order valence-electron chi connectivity index (χ3n) is 3.36. The molecule has 138 valence electrons. The molecule has 0 spiro atoms. The standard InChI is InChI=1S/C19H33N3O.HI/c1-15(2)10-11-21-18(20-6)22-13-16-8-7-9-17(12-16)14-23-19(3,4)5;/h7-9,12,15H,10-11,13-14H2,1-6H3,(H2,20,21,22);1H. The second-order valence-corrected chi connectivity index (χ2v) is 7.26. The predicted molar refractivity (Wildman–Crippen MR) is 114 cm³/mol. The third-order valence-corrected chi connectivity index (χ3v) is 3.36. The summed E-state index contributed by atoms with van der Waals surface area (Å²) in [4.78, 5) is 4.26. The fourth-order valence-corrected chi connectivity index (χ4v) is 2.01. The smallest absolute Gasteiger partial charge is 0.191 e. The normalized spacial score (nSPS) is 12.0. The number of nitrogens with one attached hydrogen (secondary N) is 2. The van der Waals surface area contributed by atoms with Crippen LogP contribution < -0.4 is 10.6 Å². The van der Waals surface area contributed by atoms with Crippen LogP contribution in [0.4, 0.5) is 0 Å². The molecule has 0 atom stereocenters. The lowest BCUT2D eigenvalue weighted by molar-refractivity contribution is -0.0149. The van der Waals surface area contributed by atoms with Crippen LogP contribution in [-0.2, 0) is 17.9 Å². The summed E-state index contributed by atoms with van der Waals surface area (Å²) in [6, 6.07) is 8.48. The molecule has 0 amide bonds. The quantitative estimate of drug-likeness (QED) is 0.372. The van der Waals surface area contributed by atoms with E-state index in [4.69, 9.17) is 4.74 Å². The van der Waals surface area contributed by atoms with Crippen LogP contribution in [0.3, 0.4) is 0 Å². The molecule has 0 aliphatic heterocycles. The van der Waals surface area contributed by atoms with Crippen LogP contribution in [0.5, 0.6) is 0 Å². The summed E-state index contributed by atoms with van der Waals surface area (Å²) in [5.41, 5.74) is 2.31. The molecule has 24 heavy (non-hydrogen) atoms. The first-order valence-corrected chi connectivity index (χ1v) is 8.46. The summed E-state index contributed by atoms with van der Waals surface area (Å²) in [5, 5.41) is 6.70. The van der Waals surface area contributed by atoms with Crippen molar-refractivity contribution < 1.29 is 4.74 Å². The summed E-state index contributed by atoms with van der Waals surface area (Å²) in [7, 11) is 1.80. The largest absolute Gasteiger partial charge is 0.371 e. The van der Waals surface area contributed by atoms with Crippen molar-refractivity contribution in [2.45, 2.75) is 59.8 Å². The SMILES string of the molecule is CN=C(NCCC(C)C)NCc1cccc(COC(C)(C)C)c1.I. The van der Waals surface area contributed by atoms with Gasteiger partial charge in [-0.1, -0.05) is 38.1 Å². The minimum absolute atomic E-state index is 0. The number of aliphatic imine (C=N–C) groups is 1. The summed E-state index contributed by atoms with van der Waals surface area (Å²) < 4.78 is 5.84. The number of ether oxygens (including phenoxy) is 1. The number of halogens is 1. The highest BCUT2D eigenvalue weighted by Crippen LogP contribution is 2.13. The zero-order valence-electron chi connectivity index (χ0n) is 16.0. The van der Waals surface area contributed by atoms with E-state index < -0.39 is 0 Å². The fraction of sp³-hybridized carbons (Fsp3) is 0.632. The van der Waals surface area contributed by atoms with Crippen molar-refractivity contribution in [2.24, 2.45) is 10.9 Å². The minimum atomic E-state index is -0.114. The van der Waals surface area contributed by atoms with Crippen molar-refractivity contribution >= 4 is 29.9 Å². The van der Waals surface area contributed by atoms with Crippen molar-refractivity contribution in [3.63, 3.8) is 0 Å². The van der Waals surface area contributed by atoms with Gasteiger partial charge in [-0.3, -0.25) is 4.99 Å². The molecule has 0 aliphatic rings. The monoisotopic (exact) mass is 447 g/mol. The van der Waals surface area contributed by atoms with Gasteiger partial charge in [0, 0.05) is 20.1 Å². The van der Waals surface area contributed by atoms with E-state index in [1.807, 2.05) is 0 Å². The van der Waals surface area contributed by atoms with Crippen LogP contribution in [-0.4, -0.2) is 25.2 Å². The lowest BCUT2D eigenvalue weighted by atomic mass is 10.1. The number of hydrogen-bond acceptors (Lipinski definition) is 2. The van der Waals surface area contributed by atoms with E-state index >= 15 is 0 Å². The molecule has 4 nitrogen and oxygen atoms in total. The molecule has 1 rings (SSSR count). The molecule has 0 heterocycles. The lowest BCUT2D eigenvalue weighted by Gasteiger charge is -2.19. The second-order valence-electron chi connectivity index (χ2n) is 7.26. The van der Waals surface area contributed by atoms with Crippen LogP contribution in [0.15, 0.2) is 29.3 Å². The lowest BCUT2D eigenvalue weighted by Crippen LogP contribution is -2.37. The Balaban J connectivity index is 0.00000529. The Bertz CT molecular complexity index is 496. The maximum absolute atomic E-state index is 5.84. The van der Waals surface area contributed by atoms with Crippen LogP contribution in [0, 0.1) is 5.92 Å². The first kappa shape index (κ1) is 23.2. The Morgan fingerprint density at radius 2 is 1.83 bits per heavy atom. The molecule has 0 unspecified atom stereocenters. The molecular weight excluding hydrogens is 413 g/mol. The molecule has 0 bridgehead atoms. The van der Waals surface area contributed by atoms with E-state index in [1.165, 1.54) is 11.1 Å². The molecule has 0 radical (unpaired) electrons. The van der Waals surface area contributed by atoms with Gasteiger partial charge >= 0.3 is 0 Å². The van der Waals surface area contributed by atoms with Crippen LogP contribution in [0.25, 0.3) is 0 Å². The predicted octanol–water partition coefficient (Wildman–Crippen LogP) is 4.33. The number of benzene rings is 1. The Hall–Kier alpha value is -0.820. The average molecular weight is 447 g/mol. The number of hydrogen-bond donors (Lipinski definition) is 2. The highest BCUT2D eigenvalue weighted by molar-refractivity contribution is 14.0. The van der Waals surface area contributed by atoms with Gasteiger partial charge in [-0.15, -0.1) is 24.0 Å². The van der Waals surface area contributed by atoms with E-state index in [0.29, 0.717) is 12.5 Å². The summed E-state index contributed by atoms with van der Waals surface area (Å²) >= 11 is 0. The summed E-state index contributed by atoms with van der Waals surface area (Å²) in [6.45, 7) is 13.0. The zero-order valence-corrected chi connectivity index (χ0v) is 18.3. The molecule has 0 saturated heterocycles. The van der Waals surface area contributed by atoms with Gasteiger partial charge in [-0.2, -0.15) is 0 Å². The average Bonchev–Trinajstić information content (AvgIpc) is 2.48. The van der Waals surface area contributed by atoms with Gasteiger partial charge in [0.05, 0.1) is 12.2 Å². The van der Waals surface area contributed by atoms with E-state index in [-0.39, 0.29) is 29.6 Å². The van der Waals surface area contributed by atoms with Gasteiger partial charge in [0.25, 0.3) is 0 Å². The van der Waals surface area contributed by atoms with Gasteiger partial charge in [-0.05, 0) is 44.2 Å². The molecule has 1 aromatic rings. The Morgan fingerprint density at radius 3 is 2.42 bits per heavy atom. The number of guanidine groups is 1. The van der Waals surface area contributed by atoms with E-state index in [1.54, 1.807) is 7.05 Å². The minimum Gasteiger partial charge on any atom is -0.371 e. The molecule has 1 aromatic carbocycles. The zero-order chi connectivity index (χ0) is 17.3. The highest BCUT2D eigenvalue weighted by Gasteiger charge is 2.10. The summed E-state index contributed by atoms with van der Waals surface area (Å²) in [5.74, 6) is 1.54. The fourth-order valence-electron chi connectivity index (χ4n) is 2.01. The molecule has 0 aliphatic carbocycles. The van der Waals surface area contributed by atoms with Crippen LogP contribution in [0.2, 0.25) is 0 Å². The Labute approximate surface area is 164 Å². The first-order valence-electron chi connectivity index (χ1n) is 8.46. The van der Waals surface area contributed by atoms with Gasteiger partial charge in [0.1, 0.15) is 0 Å². The van der Waals surface area contributed by atoms with Crippen molar-refractivity contribution in [3.05, 3.63) is 35.4 Å². The van der Waals surface area contributed by atoms with Crippen molar-refractivity contribution in [3.8, 4) is 0 Å². The molecule has 0 saturated carbocycles. The van der Waals surface area contributed by atoms with Gasteiger partial charge in [0.2, 0.25) is 0 Å². The summed E-state index contributed by atoms with van der Waals surface area (Å²) in [6.07, 6.45) is 1.14. The second kappa shape index (κ2) is 11.7. The van der Waals surface area contributed by atoms with Crippen molar-refractivity contribution in [2.75, 3.05) is 13.6 Å².